The van der Waals surface area contributed by atoms with Gasteiger partial charge in [-0.05, 0) is 5.56 Å². The average molecular weight is 404 g/mol. The van der Waals surface area contributed by atoms with Crippen molar-refractivity contribution in [3.05, 3.63) is 82.0 Å². The van der Waals surface area contributed by atoms with Crippen molar-refractivity contribution >= 4 is 0 Å². The van der Waals surface area contributed by atoms with Crippen LogP contribution in [0, 0.1) is 40.4 Å². The van der Waals surface area contributed by atoms with Crippen LogP contribution in [0.15, 0.2) is 41.8 Å². The van der Waals surface area contributed by atoms with Crippen molar-refractivity contribution in [3.63, 3.8) is 0 Å². The molecule has 29 heavy (non-hydrogen) atoms. The van der Waals surface area contributed by atoms with E-state index < -0.39 is 52.0 Å². The first-order chi connectivity index (χ1) is 13.9. The number of nitrogens with zero attached hydrogens (tertiary/aromatic N) is 2. The molecule has 0 fully saturated rings. The largest absolute Gasteiger partial charge is 0.420 e. The number of fused-ring (bicyclic) bond motifs is 1. The summed E-state index contributed by atoms with van der Waals surface area (Å²) in [7, 11) is 0. The Labute approximate surface area is 159 Å². The Hall–Kier alpha value is -3.87. The third kappa shape index (κ3) is 2.62. The lowest BCUT2D eigenvalue weighted by atomic mass is 9.82. The SMILES string of the molecule is N#CC1=C(N)Oc2n[nH]c(-c3ccccc3)c2[C@H]1c1c(F)c(F)c(F)c(F)c1F. The molecule has 1 atom stereocenters. The van der Waals surface area contributed by atoms with Crippen molar-refractivity contribution < 1.29 is 26.7 Å². The van der Waals surface area contributed by atoms with Crippen LogP contribution in [0.3, 0.4) is 0 Å². The number of nitrogens with two attached hydrogens (primary N) is 1. The number of ether oxygens (including phenoxy) is 1. The van der Waals surface area contributed by atoms with Gasteiger partial charge in [-0.15, -0.1) is 5.10 Å². The Kier molecular flexibility index (Phi) is 4.23. The first-order valence-electron chi connectivity index (χ1n) is 8.09. The first-order valence-corrected chi connectivity index (χ1v) is 8.09. The number of nitriles is 1. The summed E-state index contributed by atoms with van der Waals surface area (Å²) >= 11 is 0. The molecule has 2 heterocycles. The van der Waals surface area contributed by atoms with Crippen LogP contribution in [-0.4, -0.2) is 10.2 Å². The fraction of sp³-hybridized carbons (Fsp3) is 0.0526. The summed E-state index contributed by atoms with van der Waals surface area (Å²) in [5.74, 6) is -13.2. The maximum Gasteiger partial charge on any atom is 0.244 e. The molecule has 0 bridgehead atoms. The maximum absolute atomic E-state index is 14.6. The number of allylic oxidation sites excluding steroid dienone is 1. The van der Waals surface area contributed by atoms with E-state index >= 15 is 0 Å². The monoisotopic (exact) mass is 404 g/mol. The predicted octanol–water partition coefficient (Wildman–Crippen LogP) is 3.99. The highest BCUT2D eigenvalue weighted by Gasteiger charge is 2.41. The summed E-state index contributed by atoms with van der Waals surface area (Å²) < 4.78 is 75.7. The maximum atomic E-state index is 14.6. The number of nitrogens with one attached hydrogen (secondary N) is 1. The van der Waals surface area contributed by atoms with Crippen molar-refractivity contribution in [2.75, 3.05) is 0 Å². The van der Waals surface area contributed by atoms with Gasteiger partial charge >= 0.3 is 0 Å². The van der Waals surface area contributed by atoms with Crippen LogP contribution in [0.2, 0.25) is 0 Å². The van der Waals surface area contributed by atoms with Crippen LogP contribution in [0.5, 0.6) is 5.88 Å². The van der Waals surface area contributed by atoms with E-state index in [1.54, 1.807) is 36.4 Å². The van der Waals surface area contributed by atoms with Gasteiger partial charge in [0, 0.05) is 5.56 Å². The smallest absolute Gasteiger partial charge is 0.244 e. The standard InChI is InChI=1S/C19H9F5N4O/c20-12-10(13(21)15(23)16(24)14(12)22)9-8(6-25)18(26)29-19-11(9)17(27-28-19)7-4-2-1-3-5-7/h1-5,9H,26H2,(H,27,28)/t9-/m1/s1. The summed E-state index contributed by atoms with van der Waals surface area (Å²) in [6.45, 7) is 0. The minimum absolute atomic E-state index is 0.0786. The van der Waals surface area contributed by atoms with Gasteiger partial charge in [0.25, 0.3) is 0 Å². The second-order valence-corrected chi connectivity index (χ2v) is 6.09. The minimum Gasteiger partial charge on any atom is -0.420 e. The highest BCUT2D eigenvalue weighted by Crippen LogP contribution is 2.47. The summed E-state index contributed by atoms with van der Waals surface area (Å²) in [6, 6.07) is 9.91. The van der Waals surface area contributed by atoms with Crippen molar-refractivity contribution in [1.29, 1.82) is 5.26 Å². The molecule has 0 saturated heterocycles. The van der Waals surface area contributed by atoms with Gasteiger partial charge in [0.15, 0.2) is 23.3 Å². The number of H-pyrrole nitrogens is 1. The normalized spacial score (nSPS) is 15.7. The third-order valence-corrected chi connectivity index (χ3v) is 4.53. The lowest BCUT2D eigenvalue weighted by Crippen LogP contribution is -2.23. The first kappa shape index (κ1) is 18.5. The molecule has 3 aromatic rings. The molecule has 1 aliphatic rings. The molecule has 0 spiro atoms. The number of aromatic amines is 1. The lowest BCUT2D eigenvalue weighted by Gasteiger charge is -2.25. The number of hydrogen-bond donors (Lipinski definition) is 2. The van der Waals surface area contributed by atoms with Crippen LogP contribution in [0.1, 0.15) is 17.0 Å². The van der Waals surface area contributed by atoms with Crippen LogP contribution in [0.25, 0.3) is 11.3 Å². The molecule has 0 unspecified atom stereocenters. The molecule has 3 N–H and O–H groups in total. The highest BCUT2D eigenvalue weighted by atomic mass is 19.2. The minimum atomic E-state index is -2.30. The molecule has 1 aliphatic heterocycles. The molecule has 0 saturated carbocycles. The quantitative estimate of drug-likeness (QED) is 0.384. The van der Waals surface area contributed by atoms with E-state index in [4.69, 9.17) is 10.5 Å². The predicted molar refractivity (Wildman–Crippen MR) is 89.6 cm³/mol. The van der Waals surface area contributed by atoms with E-state index in [0.29, 0.717) is 5.56 Å². The zero-order chi connectivity index (χ0) is 20.9. The topological polar surface area (TPSA) is 87.7 Å². The molecule has 5 nitrogen and oxygen atoms in total. The van der Waals surface area contributed by atoms with Gasteiger partial charge in [0.1, 0.15) is 11.6 Å². The van der Waals surface area contributed by atoms with Crippen molar-refractivity contribution in [1.82, 2.24) is 10.2 Å². The van der Waals surface area contributed by atoms with Gasteiger partial charge in [0.05, 0.1) is 17.2 Å². The molecule has 0 aliphatic carbocycles. The summed E-state index contributed by atoms with van der Waals surface area (Å²) in [4.78, 5) is 0. The molecular formula is C19H9F5N4O. The van der Waals surface area contributed by atoms with Crippen LogP contribution in [0.4, 0.5) is 22.0 Å². The Morgan fingerprint density at radius 3 is 2.10 bits per heavy atom. The van der Waals surface area contributed by atoms with E-state index in [-0.39, 0.29) is 17.1 Å². The molecule has 146 valence electrons. The van der Waals surface area contributed by atoms with Gasteiger partial charge in [-0.3, -0.25) is 5.10 Å². The number of halogens is 5. The van der Waals surface area contributed by atoms with E-state index in [2.05, 4.69) is 10.2 Å². The molecule has 1 aromatic heterocycles. The fourth-order valence-electron chi connectivity index (χ4n) is 3.23. The van der Waals surface area contributed by atoms with Crippen molar-refractivity contribution in [2.24, 2.45) is 5.73 Å². The summed E-state index contributed by atoms with van der Waals surface area (Å²) in [5, 5.41) is 16.0. The van der Waals surface area contributed by atoms with Crippen molar-refractivity contribution in [2.45, 2.75) is 5.92 Å². The summed E-state index contributed by atoms with van der Waals surface area (Å²) in [6.07, 6.45) is 0. The average Bonchev–Trinajstić information content (AvgIpc) is 3.15. The number of hydrogen-bond acceptors (Lipinski definition) is 4. The fourth-order valence-corrected chi connectivity index (χ4v) is 3.23. The molecule has 0 amide bonds. The summed E-state index contributed by atoms with van der Waals surface area (Å²) in [5.41, 5.74) is 4.51. The third-order valence-electron chi connectivity index (χ3n) is 4.53. The van der Waals surface area contributed by atoms with Gasteiger partial charge in [-0.2, -0.15) is 5.26 Å². The van der Waals surface area contributed by atoms with Crippen LogP contribution < -0.4 is 10.5 Å². The second kappa shape index (κ2) is 6.63. The molecule has 0 radical (unpaired) electrons. The Morgan fingerprint density at radius 2 is 1.52 bits per heavy atom. The molecule has 10 heteroatoms. The van der Waals surface area contributed by atoms with E-state index in [1.807, 2.05) is 0 Å². The molecule has 2 aromatic carbocycles. The number of benzene rings is 2. The second-order valence-electron chi connectivity index (χ2n) is 6.09. The Morgan fingerprint density at radius 1 is 0.931 bits per heavy atom. The van der Waals surface area contributed by atoms with Crippen LogP contribution in [-0.2, 0) is 0 Å². The molecule has 4 rings (SSSR count). The number of rotatable bonds is 2. The van der Waals surface area contributed by atoms with Crippen LogP contribution >= 0.6 is 0 Å². The van der Waals surface area contributed by atoms with E-state index in [9.17, 15) is 27.2 Å². The van der Waals surface area contributed by atoms with Gasteiger partial charge in [0.2, 0.25) is 17.6 Å². The zero-order valence-corrected chi connectivity index (χ0v) is 14.2. The van der Waals surface area contributed by atoms with Gasteiger partial charge in [-0.1, -0.05) is 30.3 Å². The van der Waals surface area contributed by atoms with Gasteiger partial charge < -0.3 is 10.5 Å². The number of aromatic nitrogens is 2. The highest BCUT2D eigenvalue weighted by molar-refractivity contribution is 5.71. The van der Waals surface area contributed by atoms with Gasteiger partial charge in [-0.25, -0.2) is 22.0 Å². The molecular weight excluding hydrogens is 395 g/mol. The zero-order valence-electron chi connectivity index (χ0n) is 14.2. The van der Waals surface area contributed by atoms with E-state index in [1.165, 1.54) is 0 Å². The Balaban J connectivity index is 2.08. The lowest BCUT2D eigenvalue weighted by molar-refractivity contribution is 0.357. The van der Waals surface area contributed by atoms with E-state index in [0.717, 1.165) is 0 Å². The Bertz CT molecular complexity index is 1180. The van der Waals surface area contributed by atoms with Crippen molar-refractivity contribution in [3.8, 4) is 23.2 Å².